The quantitative estimate of drug-likeness (QED) is 0.582. The van der Waals surface area contributed by atoms with Gasteiger partial charge < -0.3 is 9.30 Å². The molecule has 0 saturated carbocycles. The van der Waals surface area contributed by atoms with E-state index in [1.54, 1.807) is 6.92 Å². The normalized spacial score (nSPS) is 11.0. The predicted octanol–water partition coefficient (Wildman–Crippen LogP) is 5.30. The van der Waals surface area contributed by atoms with Crippen LogP contribution in [0.2, 0.25) is 0 Å². The van der Waals surface area contributed by atoms with Crippen molar-refractivity contribution < 1.29 is 9.53 Å². The molecule has 0 amide bonds. The highest BCUT2D eigenvalue weighted by Crippen LogP contribution is 2.32. The summed E-state index contributed by atoms with van der Waals surface area (Å²) < 4.78 is 8.74. The van der Waals surface area contributed by atoms with Gasteiger partial charge in [-0.1, -0.05) is 15.9 Å². The van der Waals surface area contributed by atoms with Crippen LogP contribution in [0.1, 0.15) is 29.9 Å². The summed E-state index contributed by atoms with van der Waals surface area (Å²) in [4.78, 5) is 12.2. The lowest BCUT2D eigenvalue weighted by molar-refractivity contribution is 0.101. The van der Waals surface area contributed by atoms with Crippen molar-refractivity contribution in [2.75, 3.05) is 6.61 Å². The molecule has 0 spiro atoms. The summed E-state index contributed by atoms with van der Waals surface area (Å²) in [6, 6.07) is 14.0. The van der Waals surface area contributed by atoms with Crippen LogP contribution in [0.4, 0.5) is 0 Å². The molecular formula is C19H18BrNO2. The average molecular weight is 372 g/mol. The molecular weight excluding hydrogens is 354 g/mol. The van der Waals surface area contributed by atoms with Gasteiger partial charge in [-0.15, -0.1) is 0 Å². The van der Waals surface area contributed by atoms with Gasteiger partial charge in [0.2, 0.25) is 0 Å². The van der Waals surface area contributed by atoms with Crippen LogP contribution in [0.25, 0.3) is 16.6 Å². The van der Waals surface area contributed by atoms with Gasteiger partial charge in [0.1, 0.15) is 5.75 Å². The Hall–Kier alpha value is -2.07. The summed E-state index contributed by atoms with van der Waals surface area (Å²) in [6.45, 7) is 6.15. The van der Waals surface area contributed by atoms with Crippen LogP contribution in [-0.4, -0.2) is 17.0 Å². The summed E-state index contributed by atoms with van der Waals surface area (Å²) in [5, 5.41) is 0.934. The number of ether oxygens (including phenoxy) is 1. The van der Waals surface area contributed by atoms with Crippen LogP contribution >= 0.6 is 15.9 Å². The molecule has 3 aromatic rings. The Kier molecular flexibility index (Phi) is 4.26. The molecule has 0 atom stereocenters. The maximum atomic E-state index is 12.2. The predicted molar refractivity (Wildman–Crippen MR) is 96.9 cm³/mol. The first-order valence-electron chi connectivity index (χ1n) is 7.57. The highest BCUT2D eigenvalue weighted by molar-refractivity contribution is 9.10. The fourth-order valence-corrected chi connectivity index (χ4v) is 3.29. The number of aromatic nitrogens is 1. The summed E-state index contributed by atoms with van der Waals surface area (Å²) in [5.41, 5.74) is 3.75. The zero-order valence-corrected chi connectivity index (χ0v) is 15.0. The van der Waals surface area contributed by atoms with Crippen molar-refractivity contribution in [2.24, 2.45) is 0 Å². The summed E-state index contributed by atoms with van der Waals surface area (Å²) in [6.07, 6.45) is 0. The number of carbonyl (C=O) groups excluding carboxylic acids is 1. The second-order valence-electron chi connectivity index (χ2n) is 5.44. The molecule has 0 unspecified atom stereocenters. The van der Waals surface area contributed by atoms with E-state index < -0.39 is 0 Å². The lowest BCUT2D eigenvalue weighted by Gasteiger charge is -2.09. The molecule has 0 aliphatic carbocycles. The summed E-state index contributed by atoms with van der Waals surface area (Å²) >= 11 is 3.46. The van der Waals surface area contributed by atoms with Crippen molar-refractivity contribution in [1.29, 1.82) is 0 Å². The number of fused-ring (bicyclic) bond motifs is 1. The van der Waals surface area contributed by atoms with Crippen molar-refractivity contribution in [3.63, 3.8) is 0 Å². The van der Waals surface area contributed by atoms with Crippen LogP contribution in [0.15, 0.2) is 46.9 Å². The highest BCUT2D eigenvalue weighted by atomic mass is 79.9. The van der Waals surface area contributed by atoms with E-state index in [2.05, 4.69) is 20.5 Å². The van der Waals surface area contributed by atoms with Crippen molar-refractivity contribution in [1.82, 2.24) is 4.57 Å². The van der Waals surface area contributed by atoms with Crippen LogP contribution in [0.5, 0.6) is 5.75 Å². The first kappa shape index (κ1) is 15.8. The van der Waals surface area contributed by atoms with E-state index in [-0.39, 0.29) is 5.78 Å². The lowest BCUT2D eigenvalue weighted by Crippen LogP contribution is -1.99. The number of carbonyl (C=O) groups is 1. The third kappa shape index (κ3) is 2.79. The van der Waals surface area contributed by atoms with E-state index in [4.69, 9.17) is 4.74 Å². The molecule has 0 aliphatic rings. The van der Waals surface area contributed by atoms with Gasteiger partial charge in [-0.05, 0) is 63.2 Å². The second-order valence-corrected chi connectivity index (χ2v) is 6.36. The Balaban J connectivity index is 2.31. The zero-order valence-electron chi connectivity index (χ0n) is 13.4. The average Bonchev–Trinajstić information content (AvgIpc) is 2.80. The summed E-state index contributed by atoms with van der Waals surface area (Å²) in [5.74, 6) is 0.854. The lowest BCUT2D eigenvalue weighted by atomic mass is 10.1. The van der Waals surface area contributed by atoms with Crippen molar-refractivity contribution in [3.8, 4) is 11.4 Å². The smallest absolute Gasteiger partial charge is 0.162 e. The largest absolute Gasteiger partial charge is 0.494 e. The Bertz CT molecular complexity index is 879. The molecule has 4 heteroatoms. The maximum Gasteiger partial charge on any atom is 0.162 e. The van der Waals surface area contributed by atoms with Gasteiger partial charge in [0.25, 0.3) is 0 Å². The fraction of sp³-hybridized carbons (Fsp3) is 0.211. The molecule has 23 heavy (non-hydrogen) atoms. The third-order valence-corrected chi connectivity index (χ3v) is 4.45. The molecule has 0 fully saturated rings. The zero-order chi connectivity index (χ0) is 16.6. The van der Waals surface area contributed by atoms with Gasteiger partial charge in [0, 0.05) is 26.8 Å². The van der Waals surface area contributed by atoms with E-state index in [0.717, 1.165) is 38.1 Å². The Morgan fingerprint density at radius 2 is 1.87 bits per heavy atom. The van der Waals surface area contributed by atoms with Gasteiger partial charge in [0.15, 0.2) is 5.78 Å². The first-order valence-corrected chi connectivity index (χ1v) is 8.37. The minimum absolute atomic E-state index is 0.0667. The molecule has 0 saturated heterocycles. The number of rotatable bonds is 4. The van der Waals surface area contributed by atoms with E-state index in [1.807, 2.05) is 56.3 Å². The number of nitrogens with zero attached hydrogens (tertiary/aromatic N) is 1. The molecule has 3 nitrogen and oxygen atoms in total. The molecule has 118 valence electrons. The molecule has 1 aromatic heterocycles. The van der Waals surface area contributed by atoms with Crippen LogP contribution < -0.4 is 4.74 Å². The number of hydrogen-bond acceptors (Lipinski definition) is 2. The van der Waals surface area contributed by atoms with Crippen molar-refractivity contribution in [2.45, 2.75) is 20.8 Å². The molecule has 2 aromatic carbocycles. The minimum Gasteiger partial charge on any atom is -0.494 e. The molecule has 3 rings (SSSR count). The number of benzene rings is 2. The van der Waals surface area contributed by atoms with Gasteiger partial charge >= 0.3 is 0 Å². The molecule has 0 radical (unpaired) electrons. The second kappa shape index (κ2) is 6.20. The SMILES string of the molecule is CCOc1ccc2c(c1)c(C(C)=O)c(C)n2-c1ccc(Br)cc1. The van der Waals surface area contributed by atoms with Crippen LogP contribution in [0.3, 0.4) is 0 Å². The Labute approximate surface area is 144 Å². The minimum atomic E-state index is 0.0667. The monoisotopic (exact) mass is 371 g/mol. The number of ketones is 1. The fourth-order valence-electron chi connectivity index (χ4n) is 3.02. The van der Waals surface area contributed by atoms with Gasteiger partial charge in [-0.2, -0.15) is 0 Å². The van der Waals surface area contributed by atoms with E-state index in [0.29, 0.717) is 6.61 Å². The summed E-state index contributed by atoms with van der Waals surface area (Å²) in [7, 11) is 0. The van der Waals surface area contributed by atoms with Gasteiger partial charge in [-0.3, -0.25) is 4.79 Å². The standard InChI is InChI=1S/C19H18BrNO2/c1-4-23-16-9-10-18-17(11-16)19(13(3)22)12(2)21(18)15-7-5-14(20)6-8-15/h5-11H,4H2,1-3H3. The highest BCUT2D eigenvalue weighted by Gasteiger charge is 2.18. The molecule has 0 bridgehead atoms. The topological polar surface area (TPSA) is 31.2 Å². The van der Waals surface area contributed by atoms with Crippen LogP contribution in [-0.2, 0) is 0 Å². The maximum absolute atomic E-state index is 12.2. The Morgan fingerprint density at radius 3 is 2.48 bits per heavy atom. The van der Waals surface area contributed by atoms with Crippen molar-refractivity contribution in [3.05, 3.63) is 58.2 Å². The van der Waals surface area contributed by atoms with Crippen LogP contribution in [0, 0.1) is 6.92 Å². The molecule has 0 N–H and O–H groups in total. The molecule has 0 aliphatic heterocycles. The van der Waals surface area contributed by atoms with E-state index in [9.17, 15) is 4.79 Å². The van der Waals surface area contributed by atoms with Gasteiger partial charge in [-0.25, -0.2) is 0 Å². The third-order valence-electron chi connectivity index (χ3n) is 3.92. The molecule has 1 heterocycles. The number of hydrogen-bond donors (Lipinski definition) is 0. The first-order chi connectivity index (χ1) is 11.0. The number of halogens is 1. The Morgan fingerprint density at radius 1 is 1.17 bits per heavy atom. The van der Waals surface area contributed by atoms with E-state index >= 15 is 0 Å². The van der Waals surface area contributed by atoms with Gasteiger partial charge in [0.05, 0.1) is 12.1 Å². The van der Waals surface area contributed by atoms with Crippen molar-refractivity contribution >= 4 is 32.6 Å². The number of Topliss-reactive ketones (excluding diaryl/α,β-unsaturated/α-hetero) is 1. The van der Waals surface area contributed by atoms with E-state index in [1.165, 1.54) is 0 Å².